The van der Waals surface area contributed by atoms with E-state index in [9.17, 15) is 4.79 Å². The van der Waals surface area contributed by atoms with Gasteiger partial charge in [-0.15, -0.1) is 0 Å². The molecule has 1 fully saturated rings. The number of anilines is 2. The summed E-state index contributed by atoms with van der Waals surface area (Å²) in [5.74, 6) is 0.276. The highest BCUT2D eigenvalue weighted by Crippen LogP contribution is 2.33. The predicted octanol–water partition coefficient (Wildman–Crippen LogP) is 1.25. The number of rotatable bonds is 1. The first-order valence-electron chi connectivity index (χ1n) is 6.62. The first kappa shape index (κ1) is 11.4. The SMILES string of the molecule is CCC(=O)N1CCN2CC1Cc1ccc(N)cc12. The summed E-state index contributed by atoms with van der Waals surface area (Å²) in [6.07, 6.45) is 1.56. The number of hydrogen-bond donors (Lipinski definition) is 1. The molecule has 1 aromatic carbocycles. The third-order valence-corrected chi connectivity index (χ3v) is 4.01. The number of fused-ring (bicyclic) bond motifs is 4. The van der Waals surface area contributed by atoms with Gasteiger partial charge in [-0.05, 0) is 24.1 Å². The van der Waals surface area contributed by atoms with E-state index >= 15 is 0 Å². The van der Waals surface area contributed by atoms with Crippen LogP contribution in [0.25, 0.3) is 0 Å². The second kappa shape index (κ2) is 4.19. The van der Waals surface area contributed by atoms with Crippen LogP contribution in [0.1, 0.15) is 18.9 Å². The van der Waals surface area contributed by atoms with Crippen molar-refractivity contribution in [3.8, 4) is 0 Å². The molecule has 18 heavy (non-hydrogen) atoms. The average Bonchev–Trinajstić information content (AvgIpc) is 2.39. The topological polar surface area (TPSA) is 49.6 Å². The molecule has 1 unspecified atom stereocenters. The Morgan fingerprint density at radius 2 is 2.28 bits per heavy atom. The first-order valence-corrected chi connectivity index (χ1v) is 6.62. The maximum Gasteiger partial charge on any atom is 0.222 e. The lowest BCUT2D eigenvalue weighted by molar-refractivity contribution is -0.133. The molecule has 2 bridgehead atoms. The molecule has 2 N–H and O–H groups in total. The molecule has 2 heterocycles. The molecule has 3 rings (SSSR count). The highest BCUT2D eigenvalue weighted by molar-refractivity contribution is 5.77. The number of hydrogen-bond acceptors (Lipinski definition) is 3. The summed E-state index contributed by atoms with van der Waals surface area (Å²) in [5, 5.41) is 0. The van der Waals surface area contributed by atoms with Crippen LogP contribution in [0.5, 0.6) is 0 Å². The summed E-state index contributed by atoms with van der Waals surface area (Å²) in [6, 6.07) is 6.45. The Morgan fingerprint density at radius 1 is 1.44 bits per heavy atom. The summed E-state index contributed by atoms with van der Waals surface area (Å²) in [6.45, 7) is 4.64. The zero-order chi connectivity index (χ0) is 12.7. The van der Waals surface area contributed by atoms with Crippen molar-refractivity contribution in [3.63, 3.8) is 0 Å². The summed E-state index contributed by atoms with van der Waals surface area (Å²) in [5.41, 5.74) is 9.25. The van der Waals surface area contributed by atoms with E-state index in [1.165, 1.54) is 11.3 Å². The molecule has 0 aliphatic carbocycles. The standard InChI is InChI=1S/C14H19N3O/c1-2-14(18)17-6-5-16-9-12(17)7-10-3-4-11(15)8-13(10)16/h3-4,8,12H,2,5-7,9,15H2,1H3. The molecule has 2 aliphatic heterocycles. The van der Waals surface area contributed by atoms with Gasteiger partial charge in [-0.3, -0.25) is 4.79 Å². The Balaban J connectivity index is 1.91. The minimum Gasteiger partial charge on any atom is -0.399 e. The van der Waals surface area contributed by atoms with Gasteiger partial charge in [0.25, 0.3) is 0 Å². The number of piperazine rings is 1. The lowest BCUT2D eigenvalue weighted by atomic mass is 9.94. The van der Waals surface area contributed by atoms with Gasteiger partial charge >= 0.3 is 0 Å². The van der Waals surface area contributed by atoms with Crippen molar-refractivity contribution < 1.29 is 4.79 Å². The van der Waals surface area contributed by atoms with Crippen molar-refractivity contribution in [3.05, 3.63) is 23.8 Å². The van der Waals surface area contributed by atoms with Crippen LogP contribution in [0.4, 0.5) is 11.4 Å². The molecular weight excluding hydrogens is 226 g/mol. The third kappa shape index (κ3) is 1.72. The van der Waals surface area contributed by atoms with Crippen molar-refractivity contribution in [2.75, 3.05) is 30.3 Å². The van der Waals surface area contributed by atoms with E-state index in [2.05, 4.69) is 21.9 Å². The van der Waals surface area contributed by atoms with Crippen LogP contribution >= 0.6 is 0 Å². The monoisotopic (exact) mass is 245 g/mol. The number of nitrogens with zero attached hydrogens (tertiary/aromatic N) is 2. The van der Waals surface area contributed by atoms with Crippen LogP contribution in [0.2, 0.25) is 0 Å². The van der Waals surface area contributed by atoms with Crippen molar-refractivity contribution >= 4 is 17.3 Å². The Hall–Kier alpha value is -1.71. The molecule has 1 atom stereocenters. The first-order chi connectivity index (χ1) is 8.69. The summed E-state index contributed by atoms with van der Waals surface area (Å²) >= 11 is 0. The van der Waals surface area contributed by atoms with E-state index in [0.717, 1.165) is 31.7 Å². The molecule has 1 saturated heterocycles. The van der Waals surface area contributed by atoms with Crippen molar-refractivity contribution in [1.29, 1.82) is 0 Å². The quantitative estimate of drug-likeness (QED) is 0.758. The number of nitrogens with two attached hydrogens (primary N) is 1. The van der Waals surface area contributed by atoms with Gasteiger partial charge in [0.15, 0.2) is 0 Å². The van der Waals surface area contributed by atoms with Gasteiger partial charge in [0.2, 0.25) is 5.91 Å². The van der Waals surface area contributed by atoms with Gasteiger partial charge in [-0.2, -0.15) is 0 Å². The van der Waals surface area contributed by atoms with E-state index in [-0.39, 0.29) is 5.91 Å². The maximum absolute atomic E-state index is 11.9. The maximum atomic E-state index is 11.9. The normalized spacial score (nSPS) is 21.7. The fourth-order valence-corrected chi connectivity index (χ4v) is 3.08. The molecule has 96 valence electrons. The zero-order valence-corrected chi connectivity index (χ0v) is 10.7. The van der Waals surface area contributed by atoms with Gasteiger partial charge in [-0.25, -0.2) is 0 Å². The highest BCUT2D eigenvalue weighted by Gasteiger charge is 2.34. The lowest BCUT2D eigenvalue weighted by Gasteiger charge is -2.46. The molecule has 0 saturated carbocycles. The molecule has 4 heteroatoms. The molecular formula is C14H19N3O. The van der Waals surface area contributed by atoms with Crippen LogP contribution in [-0.4, -0.2) is 36.5 Å². The van der Waals surface area contributed by atoms with E-state index in [1.807, 2.05) is 13.0 Å². The lowest BCUT2D eigenvalue weighted by Crippen LogP contribution is -2.58. The number of carbonyl (C=O) groups excluding carboxylic acids is 1. The van der Waals surface area contributed by atoms with Crippen LogP contribution in [0.3, 0.4) is 0 Å². The Morgan fingerprint density at radius 3 is 3.06 bits per heavy atom. The smallest absolute Gasteiger partial charge is 0.222 e. The number of amides is 1. The van der Waals surface area contributed by atoms with Gasteiger partial charge in [0, 0.05) is 37.4 Å². The largest absolute Gasteiger partial charge is 0.399 e. The number of nitrogen functional groups attached to an aromatic ring is 1. The van der Waals surface area contributed by atoms with E-state index in [4.69, 9.17) is 5.73 Å². The Kier molecular flexibility index (Phi) is 2.65. The molecule has 1 aromatic rings. The van der Waals surface area contributed by atoms with Gasteiger partial charge in [0.1, 0.15) is 0 Å². The average molecular weight is 245 g/mol. The summed E-state index contributed by atoms with van der Waals surface area (Å²) < 4.78 is 0. The molecule has 0 aromatic heterocycles. The number of benzene rings is 1. The minimum atomic E-state index is 0.276. The van der Waals surface area contributed by atoms with Crippen LogP contribution in [0.15, 0.2) is 18.2 Å². The second-order valence-electron chi connectivity index (χ2n) is 5.13. The zero-order valence-electron chi connectivity index (χ0n) is 10.7. The minimum absolute atomic E-state index is 0.276. The van der Waals surface area contributed by atoms with Gasteiger partial charge in [0.05, 0.1) is 6.04 Å². The second-order valence-corrected chi connectivity index (χ2v) is 5.13. The van der Waals surface area contributed by atoms with Crippen molar-refractivity contribution in [2.24, 2.45) is 0 Å². The van der Waals surface area contributed by atoms with E-state index in [1.54, 1.807) is 0 Å². The van der Waals surface area contributed by atoms with E-state index < -0.39 is 0 Å². The molecule has 0 radical (unpaired) electrons. The van der Waals surface area contributed by atoms with Crippen LogP contribution in [0, 0.1) is 0 Å². The third-order valence-electron chi connectivity index (χ3n) is 4.01. The molecule has 1 amide bonds. The summed E-state index contributed by atoms with van der Waals surface area (Å²) in [4.78, 5) is 16.3. The Labute approximate surface area is 107 Å². The summed E-state index contributed by atoms with van der Waals surface area (Å²) in [7, 11) is 0. The predicted molar refractivity (Wildman–Crippen MR) is 72.6 cm³/mol. The van der Waals surface area contributed by atoms with Gasteiger partial charge in [-0.1, -0.05) is 13.0 Å². The highest BCUT2D eigenvalue weighted by atomic mass is 16.2. The van der Waals surface area contributed by atoms with E-state index in [0.29, 0.717) is 12.5 Å². The Bertz CT molecular complexity index is 486. The molecule has 2 aliphatic rings. The van der Waals surface area contributed by atoms with Crippen LogP contribution in [-0.2, 0) is 11.2 Å². The van der Waals surface area contributed by atoms with Crippen molar-refractivity contribution in [1.82, 2.24) is 4.90 Å². The van der Waals surface area contributed by atoms with Crippen LogP contribution < -0.4 is 10.6 Å². The molecule has 4 nitrogen and oxygen atoms in total. The number of carbonyl (C=O) groups is 1. The molecule has 0 spiro atoms. The fourth-order valence-electron chi connectivity index (χ4n) is 3.08. The fraction of sp³-hybridized carbons (Fsp3) is 0.500. The van der Waals surface area contributed by atoms with Crippen molar-refractivity contribution in [2.45, 2.75) is 25.8 Å². The van der Waals surface area contributed by atoms with Gasteiger partial charge < -0.3 is 15.5 Å².